The molecule has 1 aromatic heterocycles. The minimum Gasteiger partial charge on any atom is -0.507 e. The Morgan fingerprint density at radius 2 is 1.81 bits per heavy atom. The molecule has 0 saturated heterocycles. The van der Waals surface area contributed by atoms with Gasteiger partial charge in [0.05, 0.1) is 12.6 Å². The molecule has 5 rings (SSSR count). The number of aromatic amines is 1. The molecule has 36 heavy (non-hydrogen) atoms. The standard InChI is InChI=1S/C30H31N3O3/c1-4-5-15-36-23-13-11-22(12-14-23)29-26-27(25-20(3)16-19(2)17-24(25)34)31-32-28(26)30(35)33(29)18-21-9-7-6-8-10-21/h6-14,16-17,29,34H,4-5,15,18H2,1-3H3,(H,31,32). The number of hydrogen-bond acceptors (Lipinski definition) is 4. The maximum absolute atomic E-state index is 13.7. The Morgan fingerprint density at radius 1 is 1.06 bits per heavy atom. The van der Waals surface area contributed by atoms with Gasteiger partial charge >= 0.3 is 0 Å². The van der Waals surface area contributed by atoms with Gasteiger partial charge in [-0.25, -0.2) is 0 Å². The molecule has 1 aliphatic rings. The number of ether oxygens (including phenoxy) is 1. The number of aromatic nitrogens is 2. The molecule has 1 amide bonds. The largest absolute Gasteiger partial charge is 0.507 e. The first-order valence-corrected chi connectivity index (χ1v) is 12.4. The summed E-state index contributed by atoms with van der Waals surface area (Å²) in [7, 11) is 0. The zero-order valence-electron chi connectivity index (χ0n) is 20.9. The first-order valence-electron chi connectivity index (χ1n) is 12.4. The van der Waals surface area contributed by atoms with Crippen molar-refractivity contribution in [2.45, 2.75) is 46.2 Å². The number of nitrogens with one attached hydrogen (secondary N) is 1. The lowest BCUT2D eigenvalue weighted by Gasteiger charge is -2.27. The zero-order chi connectivity index (χ0) is 25.2. The monoisotopic (exact) mass is 481 g/mol. The fourth-order valence-corrected chi connectivity index (χ4v) is 5.01. The average molecular weight is 482 g/mol. The Bertz CT molecular complexity index is 1350. The highest BCUT2D eigenvalue weighted by Gasteiger charge is 2.42. The van der Waals surface area contributed by atoms with E-state index < -0.39 is 0 Å². The van der Waals surface area contributed by atoms with Gasteiger partial charge in [-0.15, -0.1) is 0 Å². The lowest BCUT2D eigenvalue weighted by Crippen LogP contribution is -2.29. The number of nitrogens with zero attached hydrogens (tertiary/aromatic N) is 2. The summed E-state index contributed by atoms with van der Waals surface area (Å²) in [6, 6.07) is 21.3. The van der Waals surface area contributed by atoms with Crippen molar-refractivity contribution in [2.75, 3.05) is 6.61 Å². The van der Waals surface area contributed by atoms with Crippen LogP contribution in [-0.4, -0.2) is 32.7 Å². The number of fused-ring (bicyclic) bond motifs is 1. The molecular formula is C30H31N3O3. The van der Waals surface area contributed by atoms with E-state index in [1.807, 2.05) is 79.4 Å². The van der Waals surface area contributed by atoms with E-state index in [9.17, 15) is 9.90 Å². The lowest BCUT2D eigenvalue weighted by molar-refractivity contribution is 0.0730. The van der Waals surface area contributed by atoms with E-state index in [1.54, 1.807) is 6.07 Å². The molecule has 6 heteroatoms. The van der Waals surface area contributed by atoms with Crippen LogP contribution in [0.2, 0.25) is 0 Å². The second kappa shape index (κ2) is 9.90. The van der Waals surface area contributed by atoms with Crippen molar-refractivity contribution in [3.8, 4) is 22.8 Å². The summed E-state index contributed by atoms with van der Waals surface area (Å²) >= 11 is 0. The van der Waals surface area contributed by atoms with Crippen molar-refractivity contribution in [2.24, 2.45) is 0 Å². The topological polar surface area (TPSA) is 78.5 Å². The summed E-state index contributed by atoms with van der Waals surface area (Å²) in [5, 5.41) is 18.4. The van der Waals surface area contributed by atoms with Gasteiger partial charge in [-0.2, -0.15) is 5.10 Å². The van der Waals surface area contributed by atoms with E-state index in [4.69, 9.17) is 4.74 Å². The molecule has 6 nitrogen and oxygen atoms in total. The van der Waals surface area contributed by atoms with Crippen LogP contribution in [0.5, 0.6) is 11.5 Å². The maximum Gasteiger partial charge on any atom is 0.273 e. The normalized spacial score (nSPS) is 14.8. The van der Waals surface area contributed by atoms with Crippen LogP contribution < -0.4 is 4.74 Å². The van der Waals surface area contributed by atoms with E-state index in [-0.39, 0.29) is 17.7 Å². The number of aryl methyl sites for hydroxylation is 2. The second-order valence-electron chi connectivity index (χ2n) is 9.43. The molecule has 1 aliphatic heterocycles. The molecule has 0 fully saturated rings. The third-order valence-electron chi connectivity index (χ3n) is 6.72. The number of H-pyrrole nitrogens is 1. The third-order valence-corrected chi connectivity index (χ3v) is 6.72. The summed E-state index contributed by atoms with van der Waals surface area (Å²) in [6.07, 6.45) is 2.08. The van der Waals surface area contributed by atoms with Gasteiger partial charge < -0.3 is 14.7 Å². The number of phenols is 1. The van der Waals surface area contributed by atoms with Gasteiger partial charge in [-0.3, -0.25) is 9.89 Å². The summed E-state index contributed by atoms with van der Waals surface area (Å²) in [4.78, 5) is 15.5. The van der Waals surface area contributed by atoms with Crippen molar-refractivity contribution < 1.29 is 14.6 Å². The molecule has 1 unspecified atom stereocenters. The molecule has 3 aromatic carbocycles. The quantitative estimate of drug-likeness (QED) is 0.289. The number of carbonyl (C=O) groups is 1. The van der Waals surface area contributed by atoms with Crippen LogP contribution in [0, 0.1) is 13.8 Å². The third kappa shape index (κ3) is 4.35. The van der Waals surface area contributed by atoms with Gasteiger partial charge in [-0.1, -0.05) is 61.9 Å². The summed E-state index contributed by atoms with van der Waals surface area (Å²) in [5.74, 6) is 0.866. The van der Waals surface area contributed by atoms with Gasteiger partial charge in [-0.05, 0) is 60.7 Å². The fourth-order valence-electron chi connectivity index (χ4n) is 5.01. The van der Waals surface area contributed by atoms with Crippen molar-refractivity contribution in [3.63, 3.8) is 0 Å². The van der Waals surface area contributed by atoms with E-state index >= 15 is 0 Å². The van der Waals surface area contributed by atoms with E-state index in [0.29, 0.717) is 30.1 Å². The molecule has 0 saturated carbocycles. The van der Waals surface area contributed by atoms with Crippen LogP contribution in [0.1, 0.15) is 64.1 Å². The van der Waals surface area contributed by atoms with Crippen molar-refractivity contribution >= 4 is 5.91 Å². The van der Waals surface area contributed by atoms with E-state index in [1.165, 1.54) is 0 Å². The van der Waals surface area contributed by atoms with Gasteiger partial charge in [0.25, 0.3) is 5.91 Å². The van der Waals surface area contributed by atoms with Crippen molar-refractivity contribution in [1.29, 1.82) is 0 Å². The van der Waals surface area contributed by atoms with Gasteiger partial charge in [0, 0.05) is 17.7 Å². The number of benzene rings is 3. The van der Waals surface area contributed by atoms with Crippen LogP contribution in [0.3, 0.4) is 0 Å². The Hall–Kier alpha value is -4.06. The van der Waals surface area contributed by atoms with Crippen LogP contribution in [0.25, 0.3) is 11.3 Å². The second-order valence-corrected chi connectivity index (χ2v) is 9.43. The Labute approximate surface area is 211 Å². The molecule has 1 atom stereocenters. The predicted octanol–water partition coefficient (Wildman–Crippen LogP) is 6.32. The number of phenolic OH excluding ortho intramolecular Hbond substituents is 1. The predicted molar refractivity (Wildman–Crippen MR) is 140 cm³/mol. The Balaban J connectivity index is 1.60. The summed E-state index contributed by atoms with van der Waals surface area (Å²) < 4.78 is 5.87. The maximum atomic E-state index is 13.7. The SMILES string of the molecule is CCCCOc1ccc(C2c3c(-c4c(C)cc(C)cc4O)n[nH]c3C(=O)N2Cc2ccccc2)cc1. The highest BCUT2D eigenvalue weighted by atomic mass is 16.5. The Morgan fingerprint density at radius 3 is 2.50 bits per heavy atom. The van der Waals surface area contributed by atoms with Gasteiger partial charge in [0.15, 0.2) is 0 Å². The molecule has 2 heterocycles. The fraction of sp³-hybridized carbons (Fsp3) is 0.267. The average Bonchev–Trinajstić information content (AvgIpc) is 3.39. The number of amides is 1. The number of hydrogen-bond donors (Lipinski definition) is 2. The number of rotatable bonds is 8. The first kappa shape index (κ1) is 23.7. The van der Waals surface area contributed by atoms with Crippen LogP contribution in [0.15, 0.2) is 66.7 Å². The lowest BCUT2D eigenvalue weighted by atomic mass is 9.93. The summed E-state index contributed by atoms with van der Waals surface area (Å²) in [6.45, 7) is 7.18. The molecule has 0 aliphatic carbocycles. The van der Waals surface area contributed by atoms with Gasteiger partial charge in [0.1, 0.15) is 22.9 Å². The van der Waals surface area contributed by atoms with Gasteiger partial charge in [0.2, 0.25) is 0 Å². The van der Waals surface area contributed by atoms with E-state index in [2.05, 4.69) is 17.1 Å². The van der Waals surface area contributed by atoms with E-state index in [0.717, 1.165) is 46.4 Å². The molecular weight excluding hydrogens is 450 g/mol. The van der Waals surface area contributed by atoms with Crippen LogP contribution in [0.4, 0.5) is 0 Å². The Kier molecular flexibility index (Phi) is 6.51. The van der Waals surface area contributed by atoms with Crippen molar-refractivity contribution in [1.82, 2.24) is 15.1 Å². The first-order chi connectivity index (χ1) is 17.5. The molecule has 184 valence electrons. The minimum atomic E-state index is -0.355. The van der Waals surface area contributed by atoms with Crippen molar-refractivity contribution in [3.05, 3.63) is 100 Å². The van der Waals surface area contributed by atoms with Crippen LogP contribution >= 0.6 is 0 Å². The molecule has 0 radical (unpaired) electrons. The number of carbonyl (C=O) groups excluding carboxylic acids is 1. The highest BCUT2D eigenvalue weighted by molar-refractivity contribution is 6.00. The smallest absolute Gasteiger partial charge is 0.273 e. The van der Waals surface area contributed by atoms with Crippen LogP contribution in [-0.2, 0) is 6.54 Å². The summed E-state index contributed by atoms with van der Waals surface area (Å²) in [5.41, 5.74) is 6.41. The molecule has 4 aromatic rings. The highest BCUT2D eigenvalue weighted by Crippen LogP contribution is 2.46. The molecule has 2 N–H and O–H groups in total. The zero-order valence-corrected chi connectivity index (χ0v) is 20.9. The number of unbranched alkanes of at least 4 members (excludes halogenated alkanes) is 1. The molecule has 0 spiro atoms. The minimum absolute atomic E-state index is 0.106. The molecule has 0 bridgehead atoms. The number of aromatic hydroxyl groups is 1.